The van der Waals surface area contributed by atoms with Crippen molar-refractivity contribution in [2.45, 2.75) is 71.6 Å². The Labute approximate surface area is 192 Å². The van der Waals surface area contributed by atoms with Crippen molar-refractivity contribution < 1.29 is 48.0 Å². The third-order valence-electron chi connectivity index (χ3n) is 4.08. The molecule has 1 rings (SSSR count). The van der Waals surface area contributed by atoms with Crippen molar-refractivity contribution in [3.8, 4) is 11.5 Å². The van der Waals surface area contributed by atoms with Crippen LogP contribution in [0, 0.1) is 0 Å². The Morgan fingerprint density at radius 2 is 1.52 bits per heavy atom. The summed E-state index contributed by atoms with van der Waals surface area (Å²) in [5.74, 6) is -2.04. The van der Waals surface area contributed by atoms with Crippen LogP contribution < -0.4 is 15.2 Å². The quantitative estimate of drug-likeness (QED) is 0.212. The standard InChI is InChI=1S/C22H31NO10/c1-13(2)30-20(27)32-17-8-7-16(11-18(17)33-21(28)31-14(3)4)12-22(23,19(25)26)9-6-10-29-15(5)24/h7-8,11,13-14H,6,9-10,12,23H2,1-5H3,(H,25,26)/t22-/m0/s1. The SMILES string of the molecule is CC(=O)OCCC[C@](N)(Cc1ccc(OC(=O)OC(C)C)c(OC(=O)OC(C)C)c1)C(=O)O. The van der Waals surface area contributed by atoms with Crippen LogP contribution in [0.25, 0.3) is 0 Å². The van der Waals surface area contributed by atoms with Crippen LogP contribution in [-0.4, -0.2) is 53.7 Å². The predicted octanol–water partition coefficient (Wildman–Crippen LogP) is 3.20. The molecule has 33 heavy (non-hydrogen) atoms. The number of carbonyl (C=O) groups is 4. The number of carbonyl (C=O) groups excluding carboxylic acids is 3. The van der Waals surface area contributed by atoms with E-state index < -0.39 is 42.0 Å². The first-order valence-electron chi connectivity index (χ1n) is 10.4. The molecular formula is C22H31NO10. The molecule has 0 unspecified atom stereocenters. The third kappa shape index (κ3) is 10.2. The van der Waals surface area contributed by atoms with Gasteiger partial charge in [0, 0.05) is 13.3 Å². The Kier molecular flexibility index (Phi) is 10.6. The number of hydrogen-bond donors (Lipinski definition) is 2. The van der Waals surface area contributed by atoms with Gasteiger partial charge < -0.3 is 34.5 Å². The van der Waals surface area contributed by atoms with Gasteiger partial charge in [0.15, 0.2) is 11.5 Å². The van der Waals surface area contributed by atoms with Crippen LogP contribution in [0.15, 0.2) is 18.2 Å². The van der Waals surface area contributed by atoms with E-state index in [-0.39, 0.29) is 37.4 Å². The van der Waals surface area contributed by atoms with Crippen molar-refractivity contribution in [3.63, 3.8) is 0 Å². The molecule has 184 valence electrons. The highest BCUT2D eigenvalue weighted by molar-refractivity contribution is 5.79. The summed E-state index contributed by atoms with van der Waals surface area (Å²) in [6, 6.07) is 4.14. The van der Waals surface area contributed by atoms with E-state index in [1.807, 2.05) is 0 Å². The maximum atomic E-state index is 12.0. The molecule has 0 radical (unpaired) electrons. The van der Waals surface area contributed by atoms with Gasteiger partial charge in [0.1, 0.15) is 5.54 Å². The number of esters is 1. The average molecular weight is 469 g/mol. The van der Waals surface area contributed by atoms with E-state index in [9.17, 15) is 24.3 Å². The van der Waals surface area contributed by atoms with Gasteiger partial charge in [-0.2, -0.15) is 0 Å². The van der Waals surface area contributed by atoms with Crippen LogP contribution in [-0.2, 0) is 30.2 Å². The molecule has 0 aliphatic carbocycles. The van der Waals surface area contributed by atoms with Gasteiger partial charge in [-0.15, -0.1) is 0 Å². The Morgan fingerprint density at radius 3 is 2.00 bits per heavy atom. The second-order valence-corrected chi connectivity index (χ2v) is 7.90. The Balaban J connectivity index is 3.12. The Morgan fingerprint density at radius 1 is 0.970 bits per heavy atom. The van der Waals surface area contributed by atoms with Gasteiger partial charge in [-0.25, -0.2) is 9.59 Å². The highest BCUT2D eigenvalue weighted by Gasteiger charge is 2.34. The van der Waals surface area contributed by atoms with Crippen molar-refractivity contribution >= 4 is 24.2 Å². The van der Waals surface area contributed by atoms with Gasteiger partial charge in [0.2, 0.25) is 0 Å². The first-order valence-corrected chi connectivity index (χ1v) is 10.4. The maximum absolute atomic E-state index is 12.0. The number of carboxylic acid groups (broad SMARTS) is 1. The normalized spacial score (nSPS) is 12.6. The fourth-order valence-corrected chi connectivity index (χ4v) is 2.68. The molecule has 0 saturated heterocycles. The lowest BCUT2D eigenvalue weighted by atomic mass is 9.87. The van der Waals surface area contributed by atoms with Crippen LogP contribution in [0.3, 0.4) is 0 Å². The van der Waals surface area contributed by atoms with Crippen molar-refractivity contribution in [1.29, 1.82) is 0 Å². The van der Waals surface area contributed by atoms with Crippen LogP contribution >= 0.6 is 0 Å². The van der Waals surface area contributed by atoms with E-state index in [4.69, 9.17) is 29.4 Å². The van der Waals surface area contributed by atoms with Gasteiger partial charge in [0.05, 0.1) is 18.8 Å². The zero-order chi connectivity index (χ0) is 25.2. The van der Waals surface area contributed by atoms with Crippen molar-refractivity contribution in [2.75, 3.05) is 6.61 Å². The number of rotatable bonds is 11. The summed E-state index contributed by atoms with van der Waals surface area (Å²) >= 11 is 0. The lowest BCUT2D eigenvalue weighted by Crippen LogP contribution is -2.50. The van der Waals surface area contributed by atoms with E-state index in [0.717, 1.165) is 0 Å². The van der Waals surface area contributed by atoms with E-state index in [0.29, 0.717) is 5.56 Å². The molecule has 0 bridgehead atoms. The number of nitrogens with two attached hydrogens (primary N) is 1. The minimum Gasteiger partial charge on any atom is -0.480 e. The molecule has 3 N–H and O–H groups in total. The lowest BCUT2D eigenvalue weighted by molar-refractivity contribution is -0.144. The highest BCUT2D eigenvalue weighted by atomic mass is 16.7. The molecule has 0 aliphatic rings. The van der Waals surface area contributed by atoms with E-state index in [2.05, 4.69) is 0 Å². The van der Waals surface area contributed by atoms with Crippen LogP contribution in [0.2, 0.25) is 0 Å². The highest BCUT2D eigenvalue weighted by Crippen LogP contribution is 2.31. The summed E-state index contributed by atoms with van der Waals surface area (Å²) in [6.07, 6.45) is -2.85. The fourth-order valence-electron chi connectivity index (χ4n) is 2.68. The maximum Gasteiger partial charge on any atom is 0.514 e. The van der Waals surface area contributed by atoms with Crippen LogP contribution in [0.1, 0.15) is 53.0 Å². The number of hydrogen-bond acceptors (Lipinski definition) is 10. The molecule has 0 heterocycles. The Bertz CT molecular complexity index is 852. The topological polar surface area (TPSA) is 161 Å². The van der Waals surface area contributed by atoms with Crippen LogP contribution in [0.4, 0.5) is 9.59 Å². The number of aliphatic carboxylic acids is 1. The van der Waals surface area contributed by atoms with Crippen molar-refractivity contribution in [2.24, 2.45) is 5.73 Å². The van der Waals surface area contributed by atoms with Crippen molar-refractivity contribution in [1.82, 2.24) is 0 Å². The molecular weight excluding hydrogens is 438 g/mol. The molecule has 0 saturated carbocycles. The zero-order valence-corrected chi connectivity index (χ0v) is 19.4. The van der Waals surface area contributed by atoms with Crippen molar-refractivity contribution in [3.05, 3.63) is 23.8 Å². The second kappa shape index (κ2) is 12.6. The van der Waals surface area contributed by atoms with Gasteiger partial charge in [-0.1, -0.05) is 6.07 Å². The van der Waals surface area contributed by atoms with Crippen LogP contribution in [0.5, 0.6) is 11.5 Å². The number of benzene rings is 1. The number of ether oxygens (including phenoxy) is 5. The summed E-state index contributed by atoms with van der Waals surface area (Å²) < 4.78 is 25.0. The minimum absolute atomic E-state index is 0.0140. The Hall–Kier alpha value is -3.34. The van der Waals surface area contributed by atoms with Gasteiger partial charge >= 0.3 is 24.2 Å². The molecule has 1 aromatic rings. The lowest BCUT2D eigenvalue weighted by Gasteiger charge is -2.25. The third-order valence-corrected chi connectivity index (χ3v) is 4.08. The summed E-state index contributed by atoms with van der Waals surface area (Å²) in [6.45, 7) is 7.80. The summed E-state index contributed by atoms with van der Waals surface area (Å²) in [5, 5.41) is 9.65. The molecule has 0 spiro atoms. The first-order chi connectivity index (χ1) is 15.3. The molecule has 0 aromatic heterocycles. The monoisotopic (exact) mass is 469 g/mol. The van der Waals surface area contributed by atoms with Gasteiger partial charge in [0.25, 0.3) is 0 Å². The van der Waals surface area contributed by atoms with E-state index >= 15 is 0 Å². The minimum atomic E-state index is -1.69. The molecule has 1 atom stereocenters. The largest absolute Gasteiger partial charge is 0.514 e. The molecule has 0 fully saturated rings. The van der Waals surface area contributed by atoms with E-state index in [1.165, 1.54) is 25.1 Å². The zero-order valence-electron chi connectivity index (χ0n) is 19.4. The first kappa shape index (κ1) is 27.7. The van der Waals surface area contributed by atoms with Gasteiger partial charge in [-0.05, 0) is 58.2 Å². The average Bonchev–Trinajstić information content (AvgIpc) is 2.65. The summed E-state index contributed by atoms with van der Waals surface area (Å²) in [5.41, 5.74) is 4.81. The van der Waals surface area contributed by atoms with Gasteiger partial charge in [-0.3, -0.25) is 9.59 Å². The summed E-state index contributed by atoms with van der Waals surface area (Å²) in [4.78, 5) is 46.6. The fraction of sp³-hybridized carbons (Fsp3) is 0.545. The van der Waals surface area contributed by atoms with E-state index in [1.54, 1.807) is 27.7 Å². The predicted molar refractivity (Wildman–Crippen MR) is 115 cm³/mol. The molecule has 0 aliphatic heterocycles. The molecule has 11 heteroatoms. The second-order valence-electron chi connectivity index (χ2n) is 7.90. The molecule has 11 nitrogen and oxygen atoms in total. The molecule has 1 aromatic carbocycles. The summed E-state index contributed by atoms with van der Waals surface area (Å²) in [7, 11) is 0. The molecule has 0 amide bonds. The number of carboxylic acids is 1. The smallest absolute Gasteiger partial charge is 0.480 e.